The number of aromatic carboxylic acids is 1. The smallest absolute Gasteiger partial charge is 0.340 e. The maximum atomic E-state index is 11.9. The summed E-state index contributed by atoms with van der Waals surface area (Å²) in [6.07, 6.45) is 1.50. The molecule has 1 aromatic carbocycles. The van der Waals surface area contributed by atoms with Crippen LogP contribution in [0.3, 0.4) is 0 Å². The molecule has 0 aromatic heterocycles. The molecule has 108 valence electrons. The van der Waals surface area contributed by atoms with E-state index >= 15 is 0 Å². The van der Waals surface area contributed by atoms with Gasteiger partial charge < -0.3 is 20.0 Å². The van der Waals surface area contributed by atoms with Crippen molar-refractivity contribution in [2.24, 2.45) is 0 Å². The third-order valence-electron chi connectivity index (χ3n) is 3.04. The summed E-state index contributed by atoms with van der Waals surface area (Å²) in [7, 11) is 1.23. The highest BCUT2D eigenvalue weighted by molar-refractivity contribution is 6.16. The standard InChI is InChI=1S/C15H13NO5/c1-8-12(15(20)21-2)11(13(17)16-8)7-9-3-5-10(6-4-9)14(18)19/h3-7H,1-2H3,(H,16,17)(H,18,19)/p-1. The summed E-state index contributed by atoms with van der Waals surface area (Å²) >= 11 is 0. The second kappa shape index (κ2) is 5.62. The number of amides is 1. The van der Waals surface area contributed by atoms with Crippen molar-refractivity contribution in [1.82, 2.24) is 5.32 Å². The molecule has 0 radical (unpaired) electrons. The molecule has 0 spiro atoms. The lowest BCUT2D eigenvalue weighted by Crippen LogP contribution is -2.21. The van der Waals surface area contributed by atoms with Crippen molar-refractivity contribution in [3.8, 4) is 0 Å². The van der Waals surface area contributed by atoms with Gasteiger partial charge in [0.25, 0.3) is 5.91 Å². The van der Waals surface area contributed by atoms with Crippen LogP contribution >= 0.6 is 0 Å². The number of hydrogen-bond acceptors (Lipinski definition) is 5. The Balaban J connectivity index is 2.41. The Kier molecular flexibility index (Phi) is 3.89. The number of nitrogens with one attached hydrogen (secondary N) is 1. The average Bonchev–Trinajstić information content (AvgIpc) is 2.73. The van der Waals surface area contributed by atoms with Gasteiger partial charge in [-0.2, -0.15) is 0 Å². The van der Waals surface area contributed by atoms with Gasteiger partial charge in [-0.15, -0.1) is 0 Å². The average molecular weight is 286 g/mol. The van der Waals surface area contributed by atoms with Crippen molar-refractivity contribution in [2.45, 2.75) is 6.92 Å². The zero-order valence-electron chi connectivity index (χ0n) is 11.4. The van der Waals surface area contributed by atoms with Crippen molar-refractivity contribution >= 4 is 23.9 Å². The molecule has 0 aliphatic carbocycles. The molecule has 0 atom stereocenters. The summed E-state index contributed by atoms with van der Waals surface area (Å²) < 4.78 is 4.66. The molecule has 0 fully saturated rings. The Bertz CT molecular complexity index is 683. The van der Waals surface area contributed by atoms with Gasteiger partial charge in [0.2, 0.25) is 0 Å². The van der Waals surface area contributed by atoms with E-state index in [1.165, 1.54) is 37.5 Å². The van der Waals surface area contributed by atoms with E-state index < -0.39 is 17.8 Å². The number of methoxy groups -OCH3 is 1. The zero-order chi connectivity index (χ0) is 15.6. The van der Waals surface area contributed by atoms with E-state index in [9.17, 15) is 19.5 Å². The third kappa shape index (κ3) is 2.84. The lowest BCUT2D eigenvalue weighted by molar-refractivity contribution is -0.255. The molecule has 0 saturated heterocycles. The van der Waals surface area contributed by atoms with Crippen LogP contribution in [0.25, 0.3) is 6.08 Å². The van der Waals surface area contributed by atoms with Crippen LogP contribution in [0, 0.1) is 0 Å². The van der Waals surface area contributed by atoms with Gasteiger partial charge in [0, 0.05) is 5.70 Å². The van der Waals surface area contributed by atoms with E-state index in [0.717, 1.165) is 0 Å². The van der Waals surface area contributed by atoms with Crippen LogP contribution in [-0.4, -0.2) is 25.0 Å². The SMILES string of the molecule is COC(=O)C1=C(C)NC(=O)C1=Cc1ccc(C(=O)[O-])cc1. The number of carbonyl (C=O) groups is 3. The summed E-state index contributed by atoms with van der Waals surface area (Å²) in [5.74, 6) is -2.29. The summed E-state index contributed by atoms with van der Waals surface area (Å²) in [5, 5.41) is 13.2. The molecular weight excluding hydrogens is 274 g/mol. The number of ether oxygens (including phenoxy) is 1. The van der Waals surface area contributed by atoms with E-state index in [1.54, 1.807) is 6.92 Å². The molecule has 0 unspecified atom stereocenters. The second-order valence-electron chi connectivity index (χ2n) is 4.41. The maximum absolute atomic E-state index is 11.9. The monoisotopic (exact) mass is 286 g/mol. The van der Waals surface area contributed by atoms with Gasteiger partial charge in [0.05, 0.1) is 24.2 Å². The van der Waals surface area contributed by atoms with E-state index in [4.69, 9.17) is 0 Å². The fourth-order valence-electron chi connectivity index (χ4n) is 2.00. The fraction of sp³-hybridized carbons (Fsp3) is 0.133. The van der Waals surface area contributed by atoms with Crippen molar-refractivity contribution in [3.05, 3.63) is 52.2 Å². The Morgan fingerprint density at radius 3 is 2.38 bits per heavy atom. The number of carboxylic acids is 1. The number of hydrogen-bond donors (Lipinski definition) is 1. The lowest BCUT2D eigenvalue weighted by Gasteiger charge is -2.04. The minimum atomic E-state index is -1.28. The number of rotatable bonds is 3. The highest BCUT2D eigenvalue weighted by atomic mass is 16.5. The molecule has 0 bridgehead atoms. The van der Waals surface area contributed by atoms with Crippen LogP contribution in [0.4, 0.5) is 0 Å². The first-order valence-electron chi connectivity index (χ1n) is 6.08. The van der Waals surface area contributed by atoms with Crippen molar-refractivity contribution in [3.63, 3.8) is 0 Å². The van der Waals surface area contributed by atoms with E-state index in [2.05, 4.69) is 10.1 Å². The van der Waals surface area contributed by atoms with E-state index in [1.807, 2.05) is 0 Å². The minimum Gasteiger partial charge on any atom is -0.545 e. The highest BCUT2D eigenvalue weighted by Crippen LogP contribution is 2.24. The molecule has 1 heterocycles. The van der Waals surface area contributed by atoms with Crippen molar-refractivity contribution in [2.75, 3.05) is 7.11 Å². The van der Waals surface area contributed by atoms with Crippen LogP contribution in [0.5, 0.6) is 0 Å². The summed E-state index contributed by atoms with van der Waals surface area (Å²) in [6, 6.07) is 5.77. The van der Waals surface area contributed by atoms with Gasteiger partial charge in [-0.25, -0.2) is 4.79 Å². The first kappa shape index (κ1) is 14.5. The van der Waals surface area contributed by atoms with Gasteiger partial charge in [-0.3, -0.25) is 4.79 Å². The van der Waals surface area contributed by atoms with Crippen LogP contribution in [0.1, 0.15) is 22.8 Å². The molecular formula is C15H12NO5-. The highest BCUT2D eigenvalue weighted by Gasteiger charge is 2.30. The van der Waals surface area contributed by atoms with Gasteiger partial charge in [-0.1, -0.05) is 24.3 Å². The fourth-order valence-corrected chi connectivity index (χ4v) is 2.00. The second-order valence-corrected chi connectivity index (χ2v) is 4.41. The summed E-state index contributed by atoms with van der Waals surface area (Å²) in [6.45, 7) is 1.60. The molecule has 1 aliphatic rings. The Morgan fingerprint density at radius 2 is 1.86 bits per heavy atom. The van der Waals surface area contributed by atoms with Crippen LogP contribution in [0.15, 0.2) is 41.1 Å². The number of esters is 1. The van der Waals surface area contributed by atoms with Gasteiger partial charge in [0.1, 0.15) is 0 Å². The van der Waals surface area contributed by atoms with Gasteiger partial charge >= 0.3 is 5.97 Å². The summed E-state index contributed by atoms with van der Waals surface area (Å²) in [5.41, 5.74) is 1.39. The normalized spacial score (nSPS) is 16.1. The van der Waals surface area contributed by atoms with Crippen LogP contribution < -0.4 is 10.4 Å². The molecule has 1 aromatic rings. The van der Waals surface area contributed by atoms with Gasteiger partial charge in [-0.05, 0) is 24.1 Å². The Labute approximate surface area is 120 Å². The maximum Gasteiger partial charge on any atom is 0.340 e. The predicted molar refractivity (Wildman–Crippen MR) is 71.6 cm³/mol. The third-order valence-corrected chi connectivity index (χ3v) is 3.04. The summed E-state index contributed by atoms with van der Waals surface area (Å²) in [4.78, 5) is 34.2. The number of carbonyl (C=O) groups excluding carboxylic acids is 3. The topological polar surface area (TPSA) is 95.5 Å². The van der Waals surface area contributed by atoms with Gasteiger partial charge in [0.15, 0.2) is 0 Å². The van der Waals surface area contributed by atoms with Crippen molar-refractivity contribution < 1.29 is 24.2 Å². The predicted octanol–water partition coefficient (Wildman–Crippen LogP) is 0.0103. The molecule has 1 amide bonds. The van der Waals surface area contributed by atoms with Crippen molar-refractivity contribution in [1.29, 1.82) is 0 Å². The molecule has 2 rings (SSSR count). The Hall–Kier alpha value is -2.89. The first-order chi connectivity index (χ1) is 9.93. The molecule has 21 heavy (non-hydrogen) atoms. The van der Waals surface area contributed by atoms with E-state index in [0.29, 0.717) is 11.3 Å². The molecule has 1 aliphatic heterocycles. The quantitative estimate of drug-likeness (QED) is 0.624. The van der Waals surface area contributed by atoms with E-state index in [-0.39, 0.29) is 16.7 Å². The minimum absolute atomic E-state index is 0.0351. The number of allylic oxidation sites excluding steroid dienone is 1. The molecule has 1 N–H and O–H groups in total. The largest absolute Gasteiger partial charge is 0.545 e. The number of benzene rings is 1. The Morgan fingerprint density at radius 1 is 1.24 bits per heavy atom. The lowest BCUT2D eigenvalue weighted by atomic mass is 10.0. The number of carboxylic acid groups (broad SMARTS) is 1. The van der Waals surface area contributed by atoms with Crippen LogP contribution in [-0.2, 0) is 14.3 Å². The molecule has 6 heteroatoms. The first-order valence-corrected chi connectivity index (χ1v) is 6.08. The van der Waals surface area contributed by atoms with Crippen LogP contribution in [0.2, 0.25) is 0 Å². The molecule has 6 nitrogen and oxygen atoms in total. The molecule has 0 saturated carbocycles. The zero-order valence-corrected chi connectivity index (χ0v) is 11.4.